The standard InChI is InChI=1S/C14H14F2O3/c1-4-10-6-7-12(19-9(3)13(17)18)11(8-10)14(15,16)5-2/h1,6-9H,5H2,2-3H3,(H,17,18)/t9-/m0/s1. The highest BCUT2D eigenvalue weighted by Crippen LogP contribution is 2.38. The number of carboxylic acids is 1. The van der Waals surface area contributed by atoms with Crippen LogP contribution in [0.2, 0.25) is 0 Å². The zero-order valence-corrected chi connectivity index (χ0v) is 10.6. The minimum Gasteiger partial charge on any atom is -0.479 e. The van der Waals surface area contributed by atoms with Gasteiger partial charge in [0.15, 0.2) is 6.10 Å². The van der Waals surface area contributed by atoms with Crippen LogP contribution in [0.5, 0.6) is 5.75 Å². The first-order valence-electron chi connectivity index (χ1n) is 5.70. The van der Waals surface area contributed by atoms with Gasteiger partial charge in [0.05, 0.1) is 5.56 Å². The Morgan fingerprint density at radius 1 is 1.58 bits per heavy atom. The van der Waals surface area contributed by atoms with E-state index in [2.05, 4.69) is 5.92 Å². The number of hydrogen-bond donors (Lipinski definition) is 1. The molecule has 0 saturated carbocycles. The Kier molecular flexibility index (Phi) is 4.49. The van der Waals surface area contributed by atoms with E-state index in [0.717, 1.165) is 6.07 Å². The summed E-state index contributed by atoms with van der Waals surface area (Å²) in [6, 6.07) is 3.85. The number of alkyl halides is 2. The van der Waals surface area contributed by atoms with Crippen molar-refractivity contribution in [1.29, 1.82) is 0 Å². The van der Waals surface area contributed by atoms with Crippen molar-refractivity contribution in [2.45, 2.75) is 32.3 Å². The summed E-state index contributed by atoms with van der Waals surface area (Å²) >= 11 is 0. The number of hydrogen-bond acceptors (Lipinski definition) is 2. The van der Waals surface area contributed by atoms with Gasteiger partial charge in [0.2, 0.25) is 0 Å². The summed E-state index contributed by atoms with van der Waals surface area (Å²) in [6.45, 7) is 2.60. The molecule has 1 N–H and O–H groups in total. The van der Waals surface area contributed by atoms with E-state index in [9.17, 15) is 13.6 Å². The van der Waals surface area contributed by atoms with Crippen molar-refractivity contribution >= 4 is 5.97 Å². The number of carboxylic acid groups (broad SMARTS) is 1. The van der Waals surface area contributed by atoms with Crippen molar-refractivity contribution in [3.05, 3.63) is 29.3 Å². The zero-order valence-electron chi connectivity index (χ0n) is 10.6. The normalized spacial score (nSPS) is 12.6. The van der Waals surface area contributed by atoms with E-state index in [1.807, 2.05) is 0 Å². The first kappa shape index (κ1) is 15.0. The number of rotatable bonds is 5. The minimum absolute atomic E-state index is 0.166. The minimum atomic E-state index is -3.12. The average Bonchev–Trinajstić information content (AvgIpc) is 2.38. The Balaban J connectivity index is 3.24. The Hall–Kier alpha value is -2.09. The van der Waals surface area contributed by atoms with Crippen molar-refractivity contribution in [1.82, 2.24) is 0 Å². The lowest BCUT2D eigenvalue weighted by atomic mass is 10.0. The molecule has 1 atom stereocenters. The van der Waals surface area contributed by atoms with Gasteiger partial charge in [0.1, 0.15) is 5.75 Å². The first-order valence-corrected chi connectivity index (χ1v) is 5.70. The second-order valence-electron chi connectivity index (χ2n) is 4.01. The monoisotopic (exact) mass is 268 g/mol. The lowest BCUT2D eigenvalue weighted by molar-refractivity contribution is -0.144. The number of benzene rings is 1. The fraction of sp³-hybridized carbons (Fsp3) is 0.357. The fourth-order valence-corrected chi connectivity index (χ4v) is 1.44. The second-order valence-corrected chi connectivity index (χ2v) is 4.01. The van der Waals surface area contributed by atoms with Crippen LogP contribution in [0.1, 0.15) is 31.4 Å². The highest BCUT2D eigenvalue weighted by molar-refractivity contribution is 5.72. The molecule has 1 rings (SSSR count). The number of terminal acetylenes is 1. The first-order chi connectivity index (χ1) is 8.81. The van der Waals surface area contributed by atoms with Gasteiger partial charge in [-0.15, -0.1) is 6.42 Å². The molecular formula is C14H14F2O3. The van der Waals surface area contributed by atoms with Crippen LogP contribution in [0.25, 0.3) is 0 Å². The Bertz CT molecular complexity index is 518. The van der Waals surface area contributed by atoms with E-state index in [1.54, 1.807) is 0 Å². The number of halogens is 2. The van der Waals surface area contributed by atoms with Crippen LogP contribution >= 0.6 is 0 Å². The van der Waals surface area contributed by atoms with Gasteiger partial charge < -0.3 is 9.84 Å². The molecule has 0 amide bonds. The van der Waals surface area contributed by atoms with Gasteiger partial charge in [-0.3, -0.25) is 0 Å². The molecule has 0 heterocycles. The molecule has 0 aromatic heterocycles. The van der Waals surface area contributed by atoms with Crippen molar-refractivity contribution < 1.29 is 23.4 Å². The summed E-state index contributed by atoms with van der Waals surface area (Å²) in [4.78, 5) is 10.7. The Morgan fingerprint density at radius 3 is 2.68 bits per heavy atom. The molecule has 0 spiro atoms. The molecule has 0 fully saturated rings. The van der Waals surface area contributed by atoms with E-state index in [0.29, 0.717) is 5.56 Å². The number of aliphatic carboxylic acids is 1. The third kappa shape index (κ3) is 3.44. The van der Waals surface area contributed by atoms with E-state index >= 15 is 0 Å². The second kappa shape index (κ2) is 5.70. The molecule has 0 aliphatic rings. The molecule has 0 saturated heterocycles. The molecule has 0 unspecified atom stereocenters. The molecule has 1 aromatic carbocycles. The lowest BCUT2D eigenvalue weighted by Gasteiger charge is -2.20. The summed E-state index contributed by atoms with van der Waals surface area (Å²) < 4.78 is 32.7. The van der Waals surface area contributed by atoms with E-state index in [-0.39, 0.29) is 5.75 Å². The SMILES string of the molecule is C#Cc1ccc(O[C@@H](C)C(=O)O)c(C(F)(F)CC)c1. The highest BCUT2D eigenvalue weighted by Gasteiger charge is 2.33. The molecule has 0 aliphatic heterocycles. The maximum Gasteiger partial charge on any atom is 0.344 e. The van der Waals surface area contributed by atoms with Crippen molar-refractivity contribution in [3.63, 3.8) is 0 Å². The van der Waals surface area contributed by atoms with Gasteiger partial charge in [-0.1, -0.05) is 12.8 Å². The van der Waals surface area contributed by atoms with Gasteiger partial charge in [-0.2, -0.15) is 0 Å². The molecule has 0 radical (unpaired) electrons. The van der Waals surface area contributed by atoms with Crippen molar-refractivity contribution in [2.24, 2.45) is 0 Å². The predicted octanol–water partition coefficient (Wildman–Crippen LogP) is 3.02. The van der Waals surface area contributed by atoms with Crippen LogP contribution in [-0.4, -0.2) is 17.2 Å². The van der Waals surface area contributed by atoms with Gasteiger partial charge in [-0.25, -0.2) is 13.6 Å². The highest BCUT2D eigenvalue weighted by atomic mass is 19.3. The number of ether oxygens (including phenoxy) is 1. The fourth-order valence-electron chi connectivity index (χ4n) is 1.44. The summed E-state index contributed by atoms with van der Waals surface area (Å²) in [5.41, 5.74) is -0.1000. The van der Waals surface area contributed by atoms with Crippen LogP contribution in [-0.2, 0) is 10.7 Å². The maximum atomic E-state index is 13.8. The Morgan fingerprint density at radius 2 is 2.21 bits per heavy atom. The molecule has 5 heteroatoms. The lowest BCUT2D eigenvalue weighted by Crippen LogP contribution is -2.25. The molecule has 3 nitrogen and oxygen atoms in total. The average molecular weight is 268 g/mol. The quantitative estimate of drug-likeness (QED) is 0.835. The van der Waals surface area contributed by atoms with E-state index in [4.69, 9.17) is 16.3 Å². The molecule has 0 bridgehead atoms. The predicted molar refractivity (Wildman–Crippen MR) is 66.3 cm³/mol. The third-order valence-electron chi connectivity index (χ3n) is 2.64. The zero-order chi connectivity index (χ0) is 14.6. The van der Waals surface area contributed by atoms with Crippen LogP contribution in [0.15, 0.2) is 18.2 Å². The third-order valence-corrected chi connectivity index (χ3v) is 2.64. The smallest absolute Gasteiger partial charge is 0.344 e. The van der Waals surface area contributed by atoms with Crippen molar-refractivity contribution in [3.8, 4) is 18.1 Å². The topological polar surface area (TPSA) is 46.5 Å². The van der Waals surface area contributed by atoms with Crippen molar-refractivity contribution in [2.75, 3.05) is 0 Å². The summed E-state index contributed by atoms with van der Waals surface area (Å²) in [7, 11) is 0. The summed E-state index contributed by atoms with van der Waals surface area (Å²) in [6.07, 6.45) is 3.52. The van der Waals surface area contributed by atoms with Gasteiger partial charge in [-0.05, 0) is 25.1 Å². The molecule has 1 aromatic rings. The maximum absolute atomic E-state index is 13.8. The molecule has 0 aliphatic carbocycles. The van der Waals surface area contributed by atoms with Gasteiger partial charge >= 0.3 is 5.97 Å². The molecular weight excluding hydrogens is 254 g/mol. The van der Waals surface area contributed by atoms with Crippen LogP contribution < -0.4 is 4.74 Å². The summed E-state index contributed by atoms with van der Waals surface area (Å²) in [5, 5.41) is 8.75. The Labute approximate surface area is 110 Å². The van der Waals surface area contributed by atoms with Gasteiger partial charge in [0.25, 0.3) is 5.92 Å². The summed E-state index contributed by atoms with van der Waals surface area (Å²) in [5.74, 6) is -2.26. The van der Waals surface area contributed by atoms with Crippen LogP contribution in [0.3, 0.4) is 0 Å². The van der Waals surface area contributed by atoms with Gasteiger partial charge in [0, 0.05) is 12.0 Å². The number of carbonyl (C=O) groups is 1. The van der Waals surface area contributed by atoms with E-state index < -0.39 is 30.0 Å². The van der Waals surface area contributed by atoms with Crippen LogP contribution in [0, 0.1) is 12.3 Å². The molecule has 19 heavy (non-hydrogen) atoms. The largest absolute Gasteiger partial charge is 0.479 e. The molecule has 102 valence electrons. The van der Waals surface area contributed by atoms with E-state index in [1.165, 1.54) is 26.0 Å². The van der Waals surface area contributed by atoms with Crippen LogP contribution in [0.4, 0.5) is 8.78 Å².